The molecule has 0 aliphatic rings. The molecule has 1 N–H and O–H groups in total. The summed E-state index contributed by atoms with van der Waals surface area (Å²) in [5, 5.41) is 10.4. The Kier molecular flexibility index (Phi) is 5.26. The zero-order valence-electron chi connectivity index (χ0n) is 15.5. The van der Waals surface area contributed by atoms with Crippen molar-refractivity contribution in [3.8, 4) is 34.1 Å². The van der Waals surface area contributed by atoms with Crippen LogP contribution in [0.25, 0.3) is 11.1 Å². The van der Waals surface area contributed by atoms with Crippen LogP contribution in [-0.2, 0) is 5.41 Å². The van der Waals surface area contributed by atoms with Gasteiger partial charge in [0.15, 0.2) is 17.8 Å². The highest BCUT2D eigenvalue weighted by Gasteiger charge is 2.24. The van der Waals surface area contributed by atoms with E-state index in [1.165, 1.54) is 0 Å². The first-order valence-corrected chi connectivity index (χ1v) is 7.90. The van der Waals surface area contributed by atoms with Crippen LogP contribution in [0.1, 0.15) is 36.7 Å². The smallest absolute Gasteiger partial charge is 0.203 e. The van der Waals surface area contributed by atoms with E-state index in [9.17, 15) is 9.90 Å². The topological polar surface area (TPSA) is 65.0 Å². The molecule has 0 unspecified atom stereocenters. The number of phenolic OH excluding ortho intramolecular Hbond substituents is 1. The normalized spacial score (nSPS) is 11.1. The Hall–Kier alpha value is -2.69. The fraction of sp³-hybridized carbons (Fsp3) is 0.350. The van der Waals surface area contributed by atoms with Crippen molar-refractivity contribution in [1.82, 2.24) is 0 Å². The summed E-state index contributed by atoms with van der Waals surface area (Å²) in [7, 11) is 4.64. The van der Waals surface area contributed by atoms with Crippen LogP contribution in [0.2, 0.25) is 0 Å². The second-order valence-electron chi connectivity index (χ2n) is 6.71. The SMILES string of the molecule is COc1ccc(-c2cc(C=O)c(O)c(C(C)(C)C)c2)c(OC)c1OC. The van der Waals surface area contributed by atoms with Crippen molar-refractivity contribution in [2.45, 2.75) is 26.2 Å². The summed E-state index contributed by atoms with van der Waals surface area (Å²) in [5.74, 6) is 1.53. The summed E-state index contributed by atoms with van der Waals surface area (Å²) >= 11 is 0. The highest BCUT2D eigenvalue weighted by Crippen LogP contribution is 2.46. The molecular weight excluding hydrogens is 320 g/mol. The molecule has 0 aliphatic heterocycles. The van der Waals surface area contributed by atoms with Crippen LogP contribution in [0.15, 0.2) is 24.3 Å². The Morgan fingerprint density at radius 1 is 0.960 bits per heavy atom. The number of hydrogen-bond donors (Lipinski definition) is 1. The maximum absolute atomic E-state index is 11.4. The first-order valence-electron chi connectivity index (χ1n) is 7.90. The van der Waals surface area contributed by atoms with Crippen LogP contribution in [-0.4, -0.2) is 32.7 Å². The maximum Gasteiger partial charge on any atom is 0.203 e. The van der Waals surface area contributed by atoms with Gasteiger partial charge in [0.1, 0.15) is 5.75 Å². The van der Waals surface area contributed by atoms with Crippen LogP contribution in [0.3, 0.4) is 0 Å². The van der Waals surface area contributed by atoms with Gasteiger partial charge in [-0.1, -0.05) is 20.8 Å². The lowest BCUT2D eigenvalue weighted by Gasteiger charge is -2.23. The van der Waals surface area contributed by atoms with E-state index >= 15 is 0 Å². The fourth-order valence-corrected chi connectivity index (χ4v) is 2.80. The summed E-state index contributed by atoms with van der Waals surface area (Å²) in [5.41, 5.74) is 2.08. The first-order chi connectivity index (χ1) is 11.8. The van der Waals surface area contributed by atoms with E-state index in [-0.39, 0.29) is 16.7 Å². The summed E-state index contributed by atoms with van der Waals surface area (Å²) in [4.78, 5) is 11.4. The quantitative estimate of drug-likeness (QED) is 0.824. The number of phenols is 1. The Balaban J connectivity index is 2.81. The average Bonchev–Trinajstić information content (AvgIpc) is 2.59. The van der Waals surface area contributed by atoms with Gasteiger partial charge >= 0.3 is 0 Å². The molecule has 0 bridgehead atoms. The number of hydrogen-bond acceptors (Lipinski definition) is 5. The van der Waals surface area contributed by atoms with Crippen LogP contribution in [0.4, 0.5) is 0 Å². The minimum absolute atomic E-state index is 0.00527. The summed E-state index contributed by atoms with van der Waals surface area (Å²) in [6.07, 6.45) is 0.654. The molecule has 5 nitrogen and oxygen atoms in total. The molecule has 2 aromatic rings. The molecule has 0 atom stereocenters. The van der Waals surface area contributed by atoms with Gasteiger partial charge in [0.25, 0.3) is 0 Å². The van der Waals surface area contributed by atoms with Gasteiger partial charge in [-0.3, -0.25) is 4.79 Å². The summed E-state index contributed by atoms with van der Waals surface area (Å²) in [6, 6.07) is 7.13. The number of methoxy groups -OCH3 is 3. The van der Waals surface area contributed by atoms with Gasteiger partial charge in [0.05, 0.1) is 26.9 Å². The summed E-state index contributed by atoms with van der Waals surface area (Å²) in [6.45, 7) is 5.94. The molecule has 0 spiro atoms. The molecule has 0 fully saturated rings. The van der Waals surface area contributed by atoms with E-state index in [1.54, 1.807) is 33.5 Å². The molecule has 25 heavy (non-hydrogen) atoms. The second kappa shape index (κ2) is 7.05. The largest absolute Gasteiger partial charge is 0.507 e. The molecule has 0 heterocycles. The van der Waals surface area contributed by atoms with Gasteiger partial charge in [0, 0.05) is 11.1 Å². The van der Waals surface area contributed by atoms with Crippen molar-refractivity contribution < 1.29 is 24.1 Å². The zero-order chi connectivity index (χ0) is 18.8. The minimum Gasteiger partial charge on any atom is -0.507 e. The van der Waals surface area contributed by atoms with Gasteiger partial charge in [-0.2, -0.15) is 0 Å². The van der Waals surface area contributed by atoms with Crippen LogP contribution < -0.4 is 14.2 Å². The number of rotatable bonds is 5. The summed E-state index contributed by atoms with van der Waals surface area (Å²) < 4.78 is 16.3. The van der Waals surface area contributed by atoms with Crippen LogP contribution >= 0.6 is 0 Å². The highest BCUT2D eigenvalue weighted by atomic mass is 16.5. The van der Waals surface area contributed by atoms with E-state index < -0.39 is 0 Å². The van der Waals surface area contributed by atoms with Crippen molar-refractivity contribution in [2.24, 2.45) is 0 Å². The average molecular weight is 344 g/mol. The van der Waals surface area contributed by atoms with Gasteiger partial charge in [-0.15, -0.1) is 0 Å². The van der Waals surface area contributed by atoms with E-state index in [4.69, 9.17) is 14.2 Å². The van der Waals surface area contributed by atoms with E-state index in [0.717, 1.165) is 11.1 Å². The number of aldehydes is 1. The van der Waals surface area contributed by atoms with Crippen molar-refractivity contribution >= 4 is 6.29 Å². The molecule has 0 aliphatic carbocycles. The Morgan fingerprint density at radius 2 is 1.60 bits per heavy atom. The number of carbonyl (C=O) groups excluding carboxylic acids is 1. The molecule has 0 aromatic heterocycles. The number of benzene rings is 2. The molecule has 0 saturated heterocycles. The lowest BCUT2D eigenvalue weighted by molar-refractivity contribution is 0.112. The molecule has 5 heteroatoms. The molecular formula is C20H24O5. The van der Waals surface area contributed by atoms with Gasteiger partial charge in [0.2, 0.25) is 5.75 Å². The first kappa shape index (κ1) is 18.6. The predicted octanol–water partition coefficient (Wildman–Crippen LogP) is 4.20. The maximum atomic E-state index is 11.4. The number of aromatic hydroxyl groups is 1. The van der Waals surface area contributed by atoms with Gasteiger partial charge in [-0.05, 0) is 35.2 Å². The highest BCUT2D eigenvalue weighted by molar-refractivity contribution is 5.86. The van der Waals surface area contributed by atoms with Crippen LogP contribution in [0.5, 0.6) is 23.0 Å². The molecule has 0 saturated carbocycles. The van der Waals surface area contributed by atoms with Crippen molar-refractivity contribution in [3.63, 3.8) is 0 Å². The van der Waals surface area contributed by atoms with E-state index in [1.807, 2.05) is 32.9 Å². The van der Waals surface area contributed by atoms with E-state index in [0.29, 0.717) is 29.1 Å². The molecule has 2 aromatic carbocycles. The van der Waals surface area contributed by atoms with Crippen molar-refractivity contribution in [2.75, 3.05) is 21.3 Å². The van der Waals surface area contributed by atoms with Crippen molar-refractivity contribution in [1.29, 1.82) is 0 Å². The third kappa shape index (κ3) is 3.40. The number of ether oxygens (including phenoxy) is 3. The monoisotopic (exact) mass is 344 g/mol. The Morgan fingerprint density at radius 3 is 2.08 bits per heavy atom. The van der Waals surface area contributed by atoms with Gasteiger partial charge in [-0.25, -0.2) is 0 Å². The van der Waals surface area contributed by atoms with Crippen molar-refractivity contribution in [3.05, 3.63) is 35.4 Å². The standard InChI is InChI=1S/C20H24O5/c1-20(2,3)15-10-12(9-13(11-21)17(15)22)14-7-8-16(23-4)19(25-6)18(14)24-5/h7-11,22H,1-6H3. The molecule has 0 amide bonds. The van der Waals surface area contributed by atoms with Crippen LogP contribution in [0, 0.1) is 0 Å². The Bertz CT molecular complexity index is 788. The number of carbonyl (C=O) groups is 1. The van der Waals surface area contributed by atoms with E-state index in [2.05, 4.69) is 0 Å². The Labute approximate surface area is 148 Å². The second-order valence-corrected chi connectivity index (χ2v) is 6.71. The minimum atomic E-state index is -0.332. The van der Waals surface area contributed by atoms with Gasteiger partial charge < -0.3 is 19.3 Å². The predicted molar refractivity (Wildman–Crippen MR) is 97.3 cm³/mol. The molecule has 0 radical (unpaired) electrons. The molecule has 2 rings (SSSR count). The lowest BCUT2D eigenvalue weighted by atomic mass is 9.83. The fourth-order valence-electron chi connectivity index (χ4n) is 2.80. The molecule has 134 valence electrons. The zero-order valence-corrected chi connectivity index (χ0v) is 15.5. The third-order valence-corrected chi connectivity index (χ3v) is 4.09. The third-order valence-electron chi connectivity index (χ3n) is 4.09. The lowest BCUT2D eigenvalue weighted by Crippen LogP contribution is -2.12.